The van der Waals surface area contributed by atoms with Gasteiger partial charge in [0.1, 0.15) is 0 Å². The quantitative estimate of drug-likeness (QED) is 0.163. The van der Waals surface area contributed by atoms with E-state index in [1.807, 2.05) is 59.2 Å². The minimum absolute atomic E-state index is 0.0415. The third-order valence-corrected chi connectivity index (χ3v) is 8.90. The summed E-state index contributed by atoms with van der Waals surface area (Å²) in [6.45, 7) is 0.544. The van der Waals surface area contributed by atoms with Crippen LogP contribution in [0, 0.1) is 0 Å². The Morgan fingerprint density at radius 1 is 0.892 bits per heavy atom. The first-order chi connectivity index (χ1) is 18.1. The molecule has 0 bridgehead atoms. The van der Waals surface area contributed by atoms with Gasteiger partial charge in [-0.3, -0.25) is 14.2 Å². The number of benzene rings is 3. The first-order valence-electron chi connectivity index (χ1n) is 13.1. The Morgan fingerprint density at radius 2 is 1.57 bits per heavy atom. The molecule has 3 aromatic carbocycles. The summed E-state index contributed by atoms with van der Waals surface area (Å²) in [6, 6.07) is 28.0. The number of carbonyl (C=O) groups is 1. The van der Waals surface area contributed by atoms with Crippen molar-refractivity contribution in [2.45, 2.75) is 55.6 Å². The molecule has 0 amide bonds. The van der Waals surface area contributed by atoms with Crippen LogP contribution in [0.4, 0.5) is 0 Å². The summed E-state index contributed by atoms with van der Waals surface area (Å²) in [5.41, 5.74) is 5.89. The number of nitrogens with zero attached hydrogens (tertiary/aromatic N) is 2. The maximum Gasteiger partial charge on any atom is 0.258 e. The minimum atomic E-state index is -0.134. The Labute approximate surface area is 221 Å². The average molecular weight is 507 g/mol. The SMILES string of the molecule is O=C(CSc1nc2c(c(=O)n1CCc1ccccc1)C1(CCCC1)Cc1ccccc1-2)c1ccccc1. The Balaban J connectivity index is 1.45. The third kappa shape index (κ3) is 4.57. The molecule has 4 aromatic rings. The summed E-state index contributed by atoms with van der Waals surface area (Å²) in [5, 5.41) is 0.633. The van der Waals surface area contributed by atoms with Gasteiger partial charge in [-0.2, -0.15) is 0 Å². The van der Waals surface area contributed by atoms with E-state index in [2.05, 4.69) is 30.3 Å². The highest BCUT2D eigenvalue weighted by atomic mass is 32.2. The van der Waals surface area contributed by atoms with E-state index in [1.165, 1.54) is 22.9 Å². The van der Waals surface area contributed by atoms with Gasteiger partial charge in [-0.15, -0.1) is 0 Å². The molecule has 1 aromatic heterocycles. The van der Waals surface area contributed by atoms with Gasteiger partial charge in [-0.25, -0.2) is 4.98 Å². The van der Waals surface area contributed by atoms with Crippen molar-refractivity contribution in [3.63, 3.8) is 0 Å². The maximum atomic E-state index is 14.4. The van der Waals surface area contributed by atoms with Crippen LogP contribution in [0.25, 0.3) is 11.3 Å². The summed E-state index contributed by atoms with van der Waals surface area (Å²) >= 11 is 1.38. The lowest BCUT2D eigenvalue weighted by molar-refractivity contribution is 0.102. The van der Waals surface area contributed by atoms with Gasteiger partial charge in [-0.05, 0) is 36.8 Å². The summed E-state index contributed by atoms with van der Waals surface area (Å²) < 4.78 is 1.85. The fraction of sp³-hybridized carbons (Fsp3) is 0.281. The molecule has 4 nitrogen and oxygen atoms in total. The Kier molecular flexibility index (Phi) is 6.56. The zero-order valence-electron chi connectivity index (χ0n) is 20.9. The average Bonchev–Trinajstić information content (AvgIpc) is 3.40. The van der Waals surface area contributed by atoms with Crippen molar-refractivity contribution in [2.75, 3.05) is 5.75 Å². The molecule has 186 valence electrons. The highest BCUT2D eigenvalue weighted by Crippen LogP contribution is 2.50. The van der Waals surface area contributed by atoms with E-state index in [9.17, 15) is 9.59 Å². The molecule has 1 fully saturated rings. The molecular formula is C32H30N2O2S. The van der Waals surface area contributed by atoms with Crippen LogP contribution in [-0.4, -0.2) is 21.1 Å². The van der Waals surface area contributed by atoms with Gasteiger partial charge in [0.25, 0.3) is 5.56 Å². The second-order valence-electron chi connectivity index (χ2n) is 10.2. The van der Waals surface area contributed by atoms with E-state index in [0.717, 1.165) is 55.3 Å². The molecule has 2 aliphatic rings. The monoisotopic (exact) mass is 506 g/mol. The standard InChI is InChI=1S/C32H30N2O2S/c35-27(24-13-5-2-6-14-24)22-37-31-33-29-26-16-8-7-15-25(26)21-32(18-9-10-19-32)28(29)30(36)34(31)20-17-23-11-3-1-4-12-23/h1-8,11-16H,9-10,17-22H2. The lowest BCUT2D eigenvalue weighted by Crippen LogP contribution is -2.40. The van der Waals surface area contributed by atoms with Gasteiger partial charge < -0.3 is 0 Å². The number of Topliss-reactive ketones (excluding diaryl/α,β-unsaturated/α-hetero) is 1. The number of carbonyl (C=O) groups excluding carboxylic acids is 1. The lowest BCUT2D eigenvalue weighted by Gasteiger charge is -2.36. The minimum Gasteiger partial charge on any atom is -0.293 e. The van der Waals surface area contributed by atoms with Gasteiger partial charge in [0.15, 0.2) is 10.9 Å². The Morgan fingerprint density at radius 3 is 2.32 bits per heavy atom. The largest absolute Gasteiger partial charge is 0.293 e. The van der Waals surface area contributed by atoms with Crippen molar-refractivity contribution in [3.05, 3.63) is 118 Å². The van der Waals surface area contributed by atoms with E-state index in [-0.39, 0.29) is 22.5 Å². The van der Waals surface area contributed by atoms with Crippen LogP contribution in [0.15, 0.2) is 94.9 Å². The van der Waals surface area contributed by atoms with Crippen LogP contribution in [-0.2, 0) is 24.8 Å². The maximum absolute atomic E-state index is 14.4. The molecule has 0 saturated heterocycles. The number of fused-ring (bicyclic) bond motifs is 4. The zero-order chi connectivity index (χ0) is 25.2. The fourth-order valence-corrected chi connectivity index (χ4v) is 6.99. The van der Waals surface area contributed by atoms with Crippen molar-refractivity contribution in [1.82, 2.24) is 9.55 Å². The summed E-state index contributed by atoms with van der Waals surface area (Å²) in [5.74, 6) is 0.285. The molecule has 1 saturated carbocycles. The fourth-order valence-electron chi connectivity index (χ4n) is 6.08. The molecule has 37 heavy (non-hydrogen) atoms. The molecular weight excluding hydrogens is 476 g/mol. The van der Waals surface area contributed by atoms with Crippen molar-refractivity contribution in [2.24, 2.45) is 0 Å². The number of hydrogen-bond acceptors (Lipinski definition) is 4. The molecule has 6 rings (SSSR count). The van der Waals surface area contributed by atoms with Gasteiger partial charge in [0.2, 0.25) is 0 Å². The van der Waals surface area contributed by atoms with Gasteiger partial charge in [0, 0.05) is 23.1 Å². The molecule has 1 heterocycles. The first-order valence-corrected chi connectivity index (χ1v) is 14.1. The zero-order valence-corrected chi connectivity index (χ0v) is 21.7. The highest BCUT2D eigenvalue weighted by molar-refractivity contribution is 7.99. The highest BCUT2D eigenvalue weighted by Gasteiger charge is 2.44. The topological polar surface area (TPSA) is 52.0 Å². The molecule has 2 aliphatic carbocycles. The number of thioether (sulfide) groups is 1. The summed E-state index contributed by atoms with van der Waals surface area (Å²) in [6.07, 6.45) is 6.00. The van der Waals surface area contributed by atoms with Crippen LogP contribution < -0.4 is 5.56 Å². The van der Waals surface area contributed by atoms with Gasteiger partial charge >= 0.3 is 0 Å². The second-order valence-corrected chi connectivity index (χ2v) is 11.2. The predicted molar refractivity (Wildman–Crippen MR) is 149 cm³/mol. The van der Waals surface area contributed by atoms with E-state index in [1.54, 1.807) is 0 Å². The first kappa shape index (κ1) is 23.9. The lowest BCUT2D eigenvalue weighted by atomic mass is 9.68. The molecule has 0 radical (unpaired) electrons. The smallest absolute Gasteiger partial charge is 0.258 e. The molecule has 0 aliphatic heterocycles. The van der Waals surface area contributed by atoms with Crippen LogP contribution >= 0.6 is 11.8 Å². The van der Waals surface area contributed by atoms with Crippen LogP contribution in [0.2, 0.25) is 0 Å². The van der Waals surface area contributed by atoms with E-state index in [0.29, 0.717) is 17.3 Å². The normalized spacial score (nSPS) is 15.4. The second kappa shape index (κ2) is 10.1. The van der Waals surface area contributed by atoms with Crippen LogP contribution in [0.1, 0.15) is 52.7 Å². The van der Waals surface area contributed by atoms with Crippen molar-refractivity contribution in [1.29, 1.82) is 0 Å². The van der Waals surface area contributed by atoms with Gasteiger partial charge in [-0.1, -0.05) is 110 Å². The molecule has 0 atom stereocenters. The molecule has 0 unspecified atom stereocenters. The third-order valence-electron chi connectivity index (χ3n) is 7.92. The number of rotatable bonds is 7. The number of aryl methyl sites for hydroxylation is 1. The number of ketones is 1. The van der Waals surface area contributed by atoms with Crippen molar-refractivity contribution in [3.8, 4) is 11.3 Å². The van der Waals surface area contributed by atoms with E-state index >= 15 is 0 Å². The van der Waals surface area contributed by atoms with E-state index < -0.39 is 0 Å². The number of hydrogen-bond donors (Lipinski definition) is 0. The molecule has 1 spiro atoms. The van der Waals surface area contributed by atoms with Crippen molar-refractivity contribution >= 4 is 17.5 Å². The number of aromatic nitrogens is 2. The van der Waals surface area contributed by atoms with Crippen LogP contribution in [0.3, 0.4) is 0 Å². The molecule has 0 N–H and O–H groups in total. The predicted octanol–water partition coefficient (Wildman–Crippen LogP) is 6.50. The summed E-state index contributed by atoms with van der Waals surface area (Å²) in [7, 11) is 0. The Bertz CT molecular complexity index is 1490. The van der Waals surface area contributed by atoms with Crippen LogP contribution in [0.5, 0.6) is 0 Å². The summed E-state index contributed by atoms with van der Waals surface area (Å²) in [4.78, 5) is 32.5. The van der Waals surface area contributed by atoms with Crippen molar-refractivity contribution < 1.29 is 4.79 Å². The molecule has 5 heteroatoms. The Hall–Kier alpha value is -3.44. The van der Waals surface area contributed by atoms with E-state index in [4.69, 9.17) is 4.98 Å². The van der Waals surface area contributed by atoms with Gasteiger partial charge in [0.05, 0.1) is 17.0 Å².